The summed E-state index contributed by atoms with van der Waals surface area (Å²) in [5.74, 6) is 0. The van der Waals surface area contributed by atoms with Crippen molar-refractivity contribution in [3.8, 4) is 0 Å². The monoisotopic (exact) mass is 219 g/mol. The lowest BCUT2D eigenvalue weighted by Crippen LogP contribution is -2.10. The van der Waals surface area contributed by atoms with Crippen molar-refractivity contribution in [3.05, 3.63) is 47.0 Å². The van der Waals surface area contributed by atoms with Crippen molar-refractivity contribution in [3.63, 3.8) is 0 Å². The first-order chi connectivity index (χ1) is 7.31. The molecule has 1 N–H and O–H groups in total. The molecule has 78 valence electrons. The summed E-state index contributed by atoms with van der Waals surface area (Å²) in [5.41, 5.74) is 1.37. The Labute approximate surface area is 95.1 Å². The van der Waals surface area contributed by atoms with Crippen LogP contribution in [0.5, 0.6) is 0 Å². The molecule has 0 spiro atoms. The fourth-order valence-electron chi connectivity index (χ4n) is 1.80. The van der Waals surface area contributed by atoms with Crippen molar-refractivity contribution >= 4 is 22.4 Å². The van der Waals surface area contributed by atoms with Gasteiger partial charge in [-0.2, -0.15) is 0 Å². The third-order valence-electron chi connectivity index (χ3n) is 2.58. The zero-order chi connectivity index (χ0) is 10.7. The minimum atomic E-state index is 0.799. The third-order valence-corrected chi connectivity index (χ3v) is 2.81. The Hall–Kier alpha value is -1.05. The first-order valence-corrected chi connectivity index (χ1v) is 5.51. The summed E-state index contributed by atoms with van der Waals surface area (Å²) in [6, 6.07) is 12.4. The summed E-state index contributed by atoms with van der Waals surface area (Å²) in [7, 11) is 1.97. The maximum Gasteiger partial charge on any atom is 0.0412 e. The van der Waals surface area contributed by atoms with E-state index in [2.05, 4.69) is 29.6 Å². The summed E-state index contributed by atoms with van der Waals surface area (Å²) in [5, 5.41) is 6.49. The van der Waals surface area contributed by atoms with Gasteiger partial charge >= 0.3 is 0 Å². The van der Waals surface area contributed by atoms with Gasteiger partial charge in [0.15, 0.2) is 0 Å². The molecule has 0 radical (unpaired) electrons. The molecule has 0 fully saturated rings. The molecule has 0 amide bonds. The number of fused-ring (bicyclic) bond motifs is 1. The molecule has 0 saturated carbocycles. The lowest BCUT2D eigenvalue weighted by atomic mass is 10.0. The second kappa shape index (κ2) is 4.65. The van der Waals surface area contributed by atoms with Gasteiger partial charge in [0.1, 0.15) is 0 Å². The summed E-state index contributed by atoms with van der Waals surface area (Å²) < 4.78 is 0. The maximum absolute atomic E-state index is 5.96. The van der Waals surface area contributed by atoms with Crippen LogP contribution in [-0.4, -0.2) is 13.6 Å². The fourth-order valence-corrected chi connectivity index (χ4v) is 1.98. The highest BCUT2D eigenvalue weighted by molar-refractivity contribution is 6.31. The summed E-state index contributed by atoms with van der Waals surface area (Å²) in [4.78, 5) is 0. The average Bonchev–Trinajstić information content (AvgIpc) is 2.25. The van der Waals surface area contributed by atoms with Crippen molar-refractivity contribution in [1.82, 2.24) is 5.32 Å². The van der Waals surface area contributed by atoms with Crippen molar-refractivity contribution in [1.29, 1.82) is 0 Å². The minimum Gasteiger partial charge on any atom is -0.319 e. The number of rotatable bonds is 3. The second-order valence-corrected chi connectivity index (χ2v) is 4.07. The maximum atomic E-state index is 5.96. The zero-order valence-electron chi connectivity index (χ0n) is 8.76. The molecule has 0 aromatic heterocycles. The van der Waals surface area contributed by atoms with Gasteiger partial charge in [-0.05, 0) is 48.5 Å². The van der Waals surface area contributed by atoms with Crippen LogP contribution in [-0.2, 0) is 6.42 Å². The molecule has 0 aliphatic carbocycles. The number of hydrogen-bond acceptors (Lipinski definition) is 1. The standard InChI is InChI=1S/C13H14ClN/c1-15-8-7-10-3-2-4-11-9-12(14)5-6-13(10)11/h2-6,9,15H,7-8H2,1H3. The summed E-state index contributed by atoms with van der Waals surface area (Å²) in [6.45, 7) is 1.00. The van der Waals surface area contributed by atoms with E-state index >= 15 is 0 Å². The van der Waals surface area contributed by atoms with Crippen molar-refractivity contribution < 1.29 is 0 Å². The second-order valence-electron chi connectivity index (χ2n) is 3.64. The molecule has 1 nitrogen and oxygen atoms in total. The molecular formula is C13H14ClN. The predicted molar refractivity (Wildman–Crippen MR) is 66.6 cm³/mol. The molecule has 0 saturated heterocycles. The number of halogens is 1. The van der Waals surface area contributed by atoms with E-state index in [1.54, 1.807) is 0 Å². The molecule has 2 rings (SSSR count). The highest BCUT2D eigenvalue weighted by atomic mass is 35.5. The molecule has 0 bridgehead atoms. The van der Waals surface area contributed by atoms with Crippen LogP contribution in [0.3, 0.4) is 0 Å². The van der Waals surface area contributed by atoms with Crippen molar-refractivity contribution in [2.75, 3.05) is 13.6 Å². The van der Waals surface area contributed by atoms with Gasteiger partial charge in [0.2, 0.25) is 0 Å². The van der Waals surface area contributed by atoms with E-state index in [9.17, 15) is 0 Å². The smallest absolute Gasteiger partial charge is 0.0412 e. The molecule has 0 unspecified atom stereocenters. The van der Waals surface area contributed by atoms with Gasteiger partial charge in [0.25, 0.3) is 0 Å². The summed E-state index contributed by atoms with van der Waals surface area (Å²) in [6.07, 6.45) is 1.05. The molecule has 2 heteroatoms. The molecule has 15 heavy (non-hydrogen) atoms. The first kappa shape index (κ1) is 10.5. The Morgan fingerprint density at radius 1 is 1.20 bits per heavy atom. The number of benzene rings is 2. The van der Waals surface area contributed by atoms with E-state index in [0.717, 1.165) is 18.0 Å². The van der Waals surface area contributed by atoms with Crippen LogP contribution < -0.4 is 5.32 Å². The van der Waals surface area contributed by atoms with Crippen LogP contribution in [0.15, 0.2) is 36.4 Å². The zero-order valence-corrected chi connectivity index (χ0v) is 9.51. The van der Waals surface area contributed by atoms with Crippen LogP contribution in [0.1, 0.15) is 5.56 Å². The van der Waals surface area contributed by atoms with Gasteiger partial charge in [-0.25, -0.2) is 0 Å². The Balaban J connectivity index is 2.46. The number of likely N-dealkylation sites (N-methyl/N-ethyl adjacent to an activating group) is 1. The minimum absolute atomic E-state index is 0.799. The largest absolute Gasteiger partial charge is 0.319 e. The van der Waals surface area contributed by atoms with E-state index in [0.29, 0.717) is 0 Å². The highest BCUT2D eigenvalue weighted by Gasteiger charge is 2.00. The lowest BCUT2D eigenvalue weighted by Gasteiger charge is -2.06. The molecular weight excluding hydrogens is 206 g/mol. The predicted octanol–water partition coefficient (Wildman–Crippen LogP) is 3.26. The van der Waals surface area contributed by atoms with Gasteiger partial charge < -0.3 is 5.32 Å². The van der Waals surface area contributed by atoms with E-state index in [1.807, 2.05) is 19.2 Å². The van der Waals surface area contributed by atoms with Crippen molar-refractivity contribution in [2.24, 2.45) is 0 Å². The molecule has 0 atom stereocenters. The topological polar surface area (TPSA) is 12.0 Å². The Kier molecular flexibility index (Phi) is 3.24. The van der Waals surface area contributed by atoms with Gasteiger partial charge in [0, 0.05) is 5.02 Å². The lowest BCUT2D eigenvalue weighted by molar-refractivity contribution is 0.795. The van der Waals surface area contributed by atoms with Crippen LogP contribution >= 0.6 is 11.6 Å². The first-order valence-electron chi connectivity index (χ1n) is 5.13. The van der Waals surface area contributed by atoms with Crippen LogP contribution in [0.2, 0.25) is 5.02 Å². The number of nitrogens with one attached hydrogen (secondary N) is 1. The quantitative estimate of drug-likeness (QED) is 0.836. The van der Waals surface area contributed by atoms with Gasteiger partial charge in [-0.1, -0.05) is 35.9 Å². The molecule has 2 aromatic carbocycles. The number of hydrogen-bond donors (Lipinski definition) is 1. The normalized spacial score (nSPS) is 10.8. The molecule has 0 aliphatic heterocycles. The van der Waals surface area contributed by atoms with E-state index in [1.165, 1.54) is 16.3 Å². The van der Waals surface area contributed by atoms with Crippen LogP contribution in [0, 0.1) is 0 Å². The molecule has 0 heterocycles. The van der Waals surface area contributed by atoms with Crippen LogP contribution in [0.25, 0.3) is 10.8 Å². The highest BCUT2D eigenvalue weighted by Crippen LogP contribution is 2.22. The third kappa shape index (κ3) is 2.31. The van der Waals surface area contributed by atoms with E-state index in [4.69, 9.17) is 11.6 Å². The SMILES string of the molecule is CNCCc1cccc2cc(Cl)ccc12. The van der Waals surface area contributed by atoms with Crippen molar-refractivity contribution in [2.45, 2.75) is 6.42 Å². The van der Waals surface area contributed by atoms with Gasteiger partial charge in [-0.15, -0.1) is 0 Å². The Bertz CT molecular complexity index is 465. The average molecular weight is 220 g/mol. The van der Waals surface area contributed by atoms with Gasteiger partial charge in [-0.3, -0.25) is 0 Å². The van der Waals surface area contributed by atoms with E-state index in [-0.39, 0.29) is 0 Å². The van der Waals surface area contributed by atoms with Crippen LogP contribution in [0.4, 0.5) is 0 Å². The summed E-state index contributed by atoms with van der Waals surface area (Å²) >= 11 is 5.96. The molecule has 0 aliphatic rings. The Morgan fingerprint density at radius 3 is 2.87 bits per heavy atom. The molecule has 2 aromatic rings. The fraction of sp³-hybridized carbons (Fsp3) is 0.231. The van der Waals surface area contributed by atoms with E-state index < -0.39 is 0 Å². The Morgan fingerprint density at radius 2 is 2.07 bits per heavy atom. The van der Waals surface area contributed by atoms with Gasteiger partial charge in [0.05, 0.1) is 0 Å².